The third kappa shape index (κ3) is 5.21. The van der Waals surface area contributed by atoms with Gasteiger partial charge in [-0.3, -0.25) is 0 Å². The first kappa shape index (κ1) is 28.9. The second-order valence-electron chi connectivity index (χ2n) is 10.4. The average Bonchev–Trinajstić information content (AvgIpc) is 2.49. The van der Waals surface area contributed by atoms with Crippen LogP contribution in [-0.4, -0.2) is 25.8 Å². The van der Waals surface area contributed by atoms with Crippen LogP contribution in [-0.2, 0) is 20.9 Å². The molecule has 1 N–H and O–H groups in total. The molecule has 3 nitrogen and oxygen atoms in total. The van der Waals surface area contributed by atoms with Crippen LogP contribution in [0.3, 0.4) is 0 Å². The summed E-state index contributed by atoms with van der Waals surface area (Å²) in [4.78, 5) is 4.86. The summed E-state index contributed by atoms with van der Waals surface area (Å²) in [5.41, 5.74) is 3.87. The van der Waals surface area contributed by atoms with Gasteiger partial charge in [0.1, 0.15) is 0 Å². The minimum atomic E-state index is -4.93. The summed E-state index contributed by atoms with van der Waals surface area (Å²) in [6, 6.07) is 0. The standard InChI is InChI=1S/C9H13.C4H10N.C3H9OSi.CH3O.CH3.CH2.2ClH.Ti/c1-6-5-7(2)9(4)8(6)3;1-4(2,3)5;1-5(2,3)4;1-2;;;;;/h6H,1-4H3;5H,1-3H3;1-3H3;1H3;1H3;1H2;2*1H;/q;3*-1;;;;;+3. The van der Waals surface area contributed by atoms with E-state index in [1.807, 2.05) is 0 Å². The van der Waals surface area contributed by atoms with Crippen molar-refractivity contribution in [1.82, 2.24) is 3.80 Å². The van der Waals surface area contributed by atoms with Gasteiger partial charge in [-0.1, -0.05) is 0 Å². The van der Waals surface area contributed by atoms with Crippen LogP contribution in [0.5, 0.6) is 0 Å². The van der Waals surface area contributed by atoms with Gasteiger partial charge in [0, 0.05) is 0 Å². The third-order valence-corrected chi connectivity index (χ3v) is 20.7. The fourth-order valence-corrected chi connectivity index (χ4v) is 26.0. The Balaban J connectivity index is 0. The third-order valence-electron chi connectivity index (χ3n) is 5.47. The summed E-state index contributed by atoms with van der Waals surface area (Å²) >= 11 is -4.93. The Morgan fingerprint density at radius 2 is 1.46 bits per heavy atom. The SMILES string of the molecule is Cl.Cl.[CH2]=[Ti]([CH3])([NH]C(C)(C)C)([O]C)([O][Si](C)(C)C)[C]1=C(C)C(C)=C(C)C1C. The number of allylic oxidation sites excluding steroid dienone is 4. The van der Waals surface area contributed by atoms with Crippen LogP contribution in [0.1, 0.15) is 48.5 Å². The fourth-order valence-electron chi connectivity index (χ4n) is 5.02. The molecule has 0 aromatic rings. The maximum atomic E-state index is 7.04. The summed E-state index contributed by atoms with van der Waals surface area (Å²) in [6.07, 6.45) is 0. The normalized spacial score (nSPS) is 21.8. The molecular formula is C19H42Cl2NO2SiTi. The predicted octanol–water partition coefficient (Wildman–Crippen LogP) is 6.43. The molecule has 0 aromatic carbocycles. The molecule has 0 fully saturated rings. The molecule has 0 saturated carbocycles. The molecule has 0 bridgehead atoms. The van der Waals surface area contributed by atoms with E-state index >= 15 is 0 Å². The van der Waals surface area contributed by atoms with Crippen molar-refractivity contribution < 1.29 is 20.9 Å². The van der Waals surface area contributed by atoms with E-state index in [4.69, 9.17) is 11.1 Å². The molecule has 0 saturated heterocycles. The fraction of sp³-hybridized carbons (Fsp3) is 0.737. The quantitative estimate of drug-likeness (QED) is 0.477. The Labute approximate surface area is 174 Å². The van der Waals surface area contributed by atoms with Crippen molar-refractivity contribution in [2.45, 2.75) is 78.9 Å². The van der Waals surface area contributed by atoms with Crippen molar-refractivity contribution in [2.24, 2.45) is 5.92 Å². The van der Waals surface area contributed by atoms with E-state index in [0.717, 1.165) is 0 Å². The minimum absolute atomic E-state index is 0. The van der Waals surface area contributed by atoms with Gasteiger partial charge in [0.15, 0.2) is 0 Å². The van der Waals surface area contributed by atoms with Crippen molar-refractivity contribution >= 4 is 37.9 Å². The molecule has 1 rings (SSSR count). The molecule has 1 aliphatic carbocycles. The monoisotopic (exact) mass is 462 g/mol. The first-order valence-corrected chi connectivity index (χ1v) is 17.9. The van der Waals surface area contributed by atoms with Gasteiger partial charge in [0.2, 0.25) is 0 Å². The van der Waals surface area contributed by atoms with E-state index in [1.54, 1.807) is 7.11 Å². The Hall–Kier alpha value is 0.741. The zero-order valence-corrected chi connectivity index (χ0v) is 23.1. The first-order chi connectivity index (χ1) is 10.3. The van der Waals surface area contributed by atoms with E-state index in [0.29, 0.717) is 0 Å². The van der Waals surface area contributed by atoms with Crippen LogP contribution in [0.25, 0.3) is 0 Å². The molecule has 0 radical (unpaired) electrons. The molecule has 0 heterocycles. The van der Waals surface area contributed by atoms with Gasteiger partial charge < -0.3 is 0 Å². The van der Waals surface area contributed by atoms with Crippen LogP contribution in [0.2, 0.25) is 24.9 Å². The first-order valence-electron chi connectivity index (χ1n) is 9.03. The van der Waals surface area contributed by atoms with Crippen molar-refractivity contribution in [3.63, 3.8) is 0 Å². The van der Waals surface area contributed by atoms with Gasteiger partial charge in [-0.15, -0.1) is 24.8 Å². The number of rotatable bonds is 5. The van der Waals surface area contributed by atoms with Gasteiger partial charge in [0.05, 0.1) is 0 Å². The maximum absolute atomic E-state index is 7.04. The van der Waals surface area contributed by atoms with Crippen LogP contribution in [0, 0.1) is 5.92 Å². The Morgan fingerprint density at radius 3 is 1.69 bits per heavy atom. The van der Waals surface area contributed by atoms with Crippen molar-refractivity contribution in [2.75, 3.05) is 7.11 Å². The molecule has 1 aliphatic rings. The molecule has 0 amide bonds. The van der Waals surface area contributed by atoms with Crippen LogP contribution >= 0.6 is 24.8 Å². The molecule has 157 valence electrons. The summed E-state index contributed by atoms with van der Waals surface area (Å²) < 4.78 is 18.6. The second kappa shape index (κ2) is 7.53. The zero-order valence-electron chi connectivity index (χ0n) is 18.9. The zero-order chi connectivity index (χ0) is 19.4. The molecule has 0 spiro atoms. The van der Waals surface area contributed by atoms with Crippen molar-refractivity contribution in [3.8, 4) is 0 Å². The summed E-state index contributed by atoms with van der Waals surface area (Å²) in [7, 11) is -0.164. The molecule has 0 aliphatic heterocycles. The van der Waals surface area contributed by atoms with E-state index in [2.05, 4.69) is 77.1 Å². The van der Waals surface area contributed by atoms with E-state index in [-0.39, 0.29) is 36.3 Å². The average molecular weight is 463 g/mol. The molecule has 1 unspecified atom stereocenters. The number of hydrogen-bond donors (Lipinski definition) is 1. The van der Waals surface area contributed by atoms with Crippen LogP contribution in [0.4, 0.5) is 0 Å². The second-order valence-corrected chi connectivity index (χ2v) is 25.5. The Kier molecular flexibility index (Phi) is 8.38. The van der Waals surface area contributed by atoms with Crippen LogP contribution < -0.4 is 3.80 Å². The van der Waals surface area contributed by atoms with Crippen molar-refractivity contribution in [1.29, 1.82) is 0 Å². The molecule has 26 heavy (non-hydrogen) atoms. The van der Waals surface area contributed by atoms with Gasteiger partial charge in [-0.2, -0.15) is 0 Å². The summed E-state index contributed by atoms with van der Waals surface area (Å²) in [5.74, 6) is 0.281. The van der Waals surface area contributed by atoms with E-state index in [1.165, 1.54) is 20.6 Å². The Bertz CT molecular complexity index is 692. The van der Waals surface area contributed by atoms with E-state index in [9.17, 15) is 0 Å². The number of hydrogen-bond acceptors (Lipinski definition) is 3. The summed E-state index contributed by atoms with van der Waals surface area (Å²) in [6.45, 7) is 22.0. The van der Waals surface area contributed by atoms with Crippen LogP contribution in [0.15, 0.2) is 20.6 Å². The Morgan fingerprint density at radius 1 is 1.04 bits per heavy atom. The number of halogens is 2. The molecule has 1 atom stereocenters. The van der Waals surface area contributed by atoms with E-state index < -0.39 is 22.9 Å². The van der Waals surface area contributed by atoms with Gasteiger partial charge >= 0.3 is 150 Å². The van der Waals surface area contributed by atoms with Gasteiger partial charge in [0.25, 0.3) is 0 Å². The summed E-state index contributed by atoms with van der Waals surface area (Å²) in [5, 5.41) is 2.17. The topological polar surface area (TPSA) is 30.5 Å². The molecule has 7 heteroatoms. The van der Waals surface area contributed by atoms with Gasteiger partial charge in [-0.25, -0.2) is 0 Å². The number of nitrogens with one attached hydrogen (secondary N) is 1. The predicted molar refractivity (Wildman–Crippen MR) is 122 cm³/mol. The van der Waals surface area contributed by atoms with Gasteiger partial charge in [-0.05, 0) is 0 Å². The molecule has 0 aromatic heterocycles. The molecular weight excluding hydrogens is 421 g/mol. The van der Waals surface area contributed by atoms with Crippen molar-refractivity contribution in [3.05, 3.63) is 20.6 Å².